The van der Waals surface area contributed by atoms with E-state index in [1.54, 1.807) is 41.0 Å². The average Bonchev–Trinajstić information content (AvgIpc) is 3.46. The molecule has 2 aromatic heterocycles. The molecule has 5 rings (SSSR count). The van der Waals surface area contributed by atoms with E-state index in [9.17, 15) is 8.42 Å². The summed E-state index contributed by atoms with van der Waals surface area (Å²) in [4.78, 5) is 4.83. The van der Waals surface area contributed by atoms with Gasteiger partial charge in [0.2, 0.25) is 0 Å². The summed E-state index contributed by atoms with van der Waals surface area (Å²) >= 11 is 6.31. The molecule has 186 valence electrons. The lowest BCUT2D eigenvalue weighted by atomic mass is 10.1. The number of aliphatic imine (C=N–C) groups is 1. The maximum Gasteiger partial charge on any atom is 0.175 e. The number of anilines is 1. The highest BCUT2D eigenvalue weighted by Crippen LogP contribution is 2.33. The van der Waals surface area contributed by atoms with Crippen molar-refractivity contribution >= 4 is 44.2 Å². The first-order valence-corrected chi connectivity index (χ1v) is 13.9. The molecule has 1 saturated carbocycles. The number of halogens is 1. The Morgan fingerprint density at radius 1 is 1.14 bits per heavy atom. The van der Waals surface area contributed by atoms with Crippen molar-refractivity contribution in [3.8, 4) is 11.1 Å². The minimum absolute atomic E-state index is 0.152. The van der Waals surface area contributed by atoms with E-state index in [1.807, 2.05) is 30.5 Å². The van der Waals surface area contributed by atoms with Gasteiger partial charge in [-0.05, 0) is 55.2 Å². The summed E-state index contributed by atoms with van der Waals surface area (Å²) in [5.41, 5.74) is 17.1. The number of nitrogens with zero attached hydrogens (tertiary/aromatic N) is 3. The Bertz CT molecular complexity index is 1580. The van der Waals surface area contributed by atoms with Crippen LogP contribution in [-0.4, -0.2) is 42.2 Å². The minimum Gasteiger partial charge on any atom is -0.383 e. The molecule has 0 unspecified atom stereocenters. The Labute approximate surface area is 214 Å². The van der Waals surface area contributed by atoms with Gasteiger partial charge in [0.05, 0.1) is 38.6 Å². The number of nitrogens with two attached hydrogens (primary N) is 2. The smallest absolute Gasteiger partial charge is 0.175 e. The number of amidine groups is 1. The lowest BCUT2D eigenvalue weighted by Crippen LogP contribution is -2.24. The molecule has 2 aromatic carbocycles. The molecular formula is C26H27ClN6O2S. The second kappa shape index (κ2) is 9.57. The highest BCUT2D eigenvalue weighted by Gasteiger charge is 2.24. The SMILES string of the molecule is CS(=O)(=O)c1cccc(-c2cc3c(N[C@@H]4CC[C@H](N)C4)c(/C(N)=N/c4ccccc4Cl)cnn3c2)c1. The number of nitrogens with one attached hydrogen (secondary N) is 1. The summed E-state index contributed by atoms with van der Waals surface area (Å²) in [6.45, 7) is 0. The Morgan fingerprint density at radius 3 is 2.67 bits per heavy atom. The molecule has 36 heavy (non-hydrogen) atoms. The molecule has 1 aliphatic carbocycles. The fourth-order valence-electron chi connectivity index (χ4n) is 4.55. The second-order valence-corrected chi connectivity index (χ2v) is 11.6. The molecule has 1 aliphatic rings. The number of aromatic nitrogens is 2. The second-order valence-electron chi connectivity index (χ2n) is 9.15. The maximum atomic E-state index is 12.1. The molecule has 0 spiro atoms. The van der Waals surface area contributed by atoms with Gasteiger partial charge < -0.3 is 16.8 Å². The van der Waals surface area contributed by atoms with Crippen LogP contribution in [0.3, 0.4) is 0 Å². The van der Waals surface area contributed by atoms with Crippen LogP contribution in [0.15, 0.2) is 76.9 Å². The van der Waals surface area contributed by atoms with Gasteiger partial charge in [-0.2, -0.15) is 5.10 Å². The van der Waals surface area contributed by atoms with Gasteiger partial charge in [0.25, 0.3) is 0 Å². The molecule has 2 heterocycles. The monoisotopic (exact) mass is 522 g/mol. The summed E-state index contributed by atoms with van der Waals surface area (Å²) in [7, 11) is -3.33. The summed E-state index contributed by atoms with van der Waals surface area (Å²) < 4.78 is 25.9. The van der Waals surface area contributed by atoms with Crippen LogP contribution in [0.5, 0.6) is 0 Å². The van der Waals surface area contributed by atoms with Crippen LogP contribution >= 0.6 is 11.6 Å². The van der Waals surface area contributed by atoms with E-state index in [-0.39, 0.29) is 22.8 Å². The van der Waals surface area contributed by atoms with Crippen LogP contribution in [0.1, 0.15) is 24.8 Å². The fraction of sp³-hybridized carbons (Fsp3) is 0.231. The fourth-order valence-corrected chi connectivity index (χ4v) is 5.40. The lowest BCUT2D eigenvalue weighted by Gasteiger charge is -2.18. The van der Waals surface area contributed by atoms with Crippen molar-refractivity contribution in [2.75, 3.05) is 11.6 Å². The van der Waals surface area contributed by atoms with Crippen molar-refractivity contribution in [3.05, 3.63) is 77.6 Å². The van der Waals surface area contributed by atoms with Gasteiger partial charge in [-0.15, -0.1) is 0 Å². The Kier molecular flexibility index (Phi) is 6.46. The van der Waals surface area contributed by atoms with Crippen molar-refractivity contribution in [2.24, 2.45) is 16.5 Å². The van der Waals surface area contributed by atoms with Crippen LogP contribution in [0.25, 0.3) is 16.6 Å². The van der Waals surface area contributed by atoms with Crippen LogP contribution in [0.2, 0.25) is 5.02 Å². The summed E-state index contributed by atoms with van der Waals surface area (Å²) in [6.07, 6.45) is 7.48. The quantitative estimate of drug-likeness (QED) is 0.254. The minimum atomic E-state index is -3.33. The highest BCUT2D eigenvalue weighted by atomic mass is 35.5. The molecule has 0 saturated heterocycles. The Hall–Kier alpha value is -3.40. The Morgan fingerprint density at radius 2 is 1.94 bits per heavy atom. The van der Waals surface area contributed by atoms with Crippen molar-refractivity contribution in [1.82, 2.24) is 9.61 Å². The number of benzene rings is 2. The average molecular weight is 523 g/mol. The van der Waals surface area contributed by atoms with Crippen LogP contribution in [-0.2, 0) is 9.84 Å². The number of fused-ring (bicyclic) bond motifs is 1. The van der Waals surface area contributed by atoms with Crippen molar-refractivity contribution < 1.29 is 8.42 Å². The largest absolute Gasteiger partial charge is 0.383 e. The molecule has 10 heteroatoms. The lowest BCUT2D eigenvalue weighted by molar-refractivity contribution is 0.602. The van der Waals surface area contributed by atoms with Gasteiger partial charge in [0.1, 0.15) is 5.84 Å². The van der Waals surface area contributed by atoms with Gasteiger partial charge in [-0.3, -0.25) is 0 Å². The summed E-state index contributed by atoms with van der Waals surface area (Å²) in [5, 5.41) is 8.71. The molecule has 8 nitrogen and oxygen atoms in total. The zero-order chi connectivity index (χ0) is 25.4. The van der Waals surface area contributed by atoms with Gasteiger partial charge >= 0.3 is 0 Å². The van der Waals surface area contributed by atoms with Gasteiger partial charge in [-0.1, -0.05) is 35.9 Å². The summed E-state index contributed by atoms with van der Waals surface area (Å²) in [5.74, 6) is 0.282. The molecule has 4 aromatic rings. The molecule has 0 aliphatic heterocycles. The molecule has 0 radical (unpaired) electrons. The third-order valence-electron chi connectivity index (χ3n) is 6.42. The summed E-state index contributed by atoms with van der Waals surface area (Å²) in [6, 6.07) is 16.4. The standard InChI is InChI=1S/C26H27ClN6O2S/c1-36(34,35)20-6-4-5-16(11-20)17-12-24-25(31-19-10-9-18(28)13-19)21(14-30-33(24)15-17)26(29)32-23-8-3-2-7-22(23)27/h2-8,11-12,14-15,18-19,31H,9-10,13,28H2,1H3,(H2,29,32)/t18-,19+/m0/s1. The Balaban J connectivity index is 1.63. The van der Waals surface area contributed by atoms with E-state index in [0.29, 0.717) is 16.3 Å². The normalized spacial score (nSPS) is 18.6. The first kappa shape index (κ1) is 24.3. The molecular weight excluding hydrogens is 496 g/mol. The topological polar surface area (TPSA) is 128 Å². The van der Waals surface area contributed by atoms with Crippen molar-refractivity contribution in [2.45, 2.75) is 36.2 Å². The molecule has 2 atom stereocenters. The number of hydrogen-bond donors (Lipinski definition) is 3. The molecule has 5 N–H and O–H groups in total. The van der Waals surface area contributed by atoms with E-state index in [1.165, 1.54) is 6.26 Å². The van der Waals surface area contributed by atoms with Gasteiger partial charge in [-0.25, -0.2) is 17.9 Å². The number of sulfone groups is 1. The highest BCUT2D eigenvalue weighted by molar-refractivity contribution is 7.90. The van der Waals surface area contributed by atoms with Gasteiger partial charge in [0, 0.05) is 30.1 Å². The maximum absolute atomic E-state index is 12.1. The third-order valence-corrected chi connectivity index (χ3v) is 7.85. The third kappa shape index (κ3) is 4.95. The van der Waals surface area contributed by atoms with E-state index >= 15 is 0 Å². The molecule has 0 bridgehead atoms. The number of rotatable bonds is 6. The van der Waals surface area contributed by atoms with Crippen molar-refractivity contribution in [3.63, 3.8) is 0 Å². The molecule has 0 amide bonds. The zero-order valence-electron chi connectivity index (χ0n) is 19.7. The predicted molar refractivity (Wildman–Crippen MR) is 145 cm³/mol. The van der Waals surface area contributed by atoms with Gasteiger partial charge in [0.15, 0.2) is 9.84 Å². The number of para-hydroxylation sites is 1. The number of hydrogen-bond acceptors (Lipinski definition) is 6. The van der Waals surface area contributed by atoms with Crippen molar-refractivity contribution in [1.29, 1.82) is 0 Å². The molecule has 1 fully saturated rings. The zero-order valence-corrected chi connectivity index (χ0v) is 21.3. The first-order valence-electron chi connectivity index (χ1n) is 11.6. The predicted octanol–water partition coefficient (Wildman–Crippen LogP) is 4.39. The van der Waals surface area contributed by atoms with E-state index in [0.717, 1.165) is 41.6 Å². The van der Waals surface area contributed by atoms with E-state index < -0.39 is 9.84 Å². The van der Waals surface area contributed by atoms with Crippen LogP contribution in [0, 0.1) is 0 Å². The van der Waals surface area contributed by atoms with Crippen LogP contribution in [0.4, 0.5) is 11.4 Å². The van der Waals surface area contributed by atoms with Crippen LogP contribution < -0.4 is 16.8 Å². The van der Waals surface area contributed by atoms with E-state index in [4.69, 9.17) is 23.1 Å². The first-order chi connectivity index (χ1) is 17.2. The van der Waals surface area contributed by atoms with E-state index in [2.05, 4.69) is 15.4 Å².